The third-order valence-electron chi connectivity index (χ3n) is 3.68. The highest BCUT2D eigenvalue weighted by Crippen LogP contribution is 2.42. The molecular weight excluding hydrogens is 196 g/mol. The molecule has 2 aliphatic carbocycles. The van der Waals surface area contributed by atoms with Gasteiger partial charge in [-0.3, -0.25) is 0 Å². The minimum absolute atomic E-state index is 0.131. The Hall–Kier alpha value is -0.470. The molecule has 0 aromatic heterocycles. The number of nitrogens with two attached hydrogens (primary N) is 1. The second-order valence-corrected chi connectivity index (χ2v) is 4.97. The first kappa shape index (κ1) is 8.81. The lowest BCUT2D eigenvalue weighted by Crippen LogP contribution is -2.40. The molecule has 0 spiro atoms. The average Bonchev–Trinajstić information content (AvgIpc) is 2.68. The van der Waals surface area contributed by atoms with Gasteiger partial charge in [-0.25, -0.2) is 0 Å². The molecule has 0 aromatic rings. The van der Waals surface area contributed by atoms with Crippen molar-refractivity contribution in [3.8, 4) is 0 Å². The summed E-state index contributed by atoms with van der Waals surface area (Å²) < 4.78 is 0. The average molecular weight is 211 g/mol. The molecule has 0 aromatic carbocycles. The molecule has 2 nitrogen and oxygen atoms in total. The van der Waals surface area contributed by atoms with Crippen molar-refractivity contribution < 1.29 is 0 Å². The summed E-state index contributed by atoms with van der Waals surface area (Å²) >= 11 is 6.26. The fourth-order valence-electron chi connectivity index (χ4n) is 3.02. The van der Waals surface area contributed by atoms with Gasteiger partial charge < -0.3 is 11.1 Å². The van der Waals surface area contributed by atoms with Gasteiger partial charge in [0.05, 0.1) is 11.4 Å². The third-order valence-corrected chi connectivity index (χ3v) is 4.10. The second-order valence-electron chi connectivity index (χ2n) is 4.46. The van der Waals surface area contributed by atoms with Gasteiger partial charge in [0.25, 0.3) is 0 Å². The maximum absolute atomic E-state index is 6.26. The summed E-state index contributed by atoms with van der Waals surface area (Å²) in [6, 6.07) is 0.681. The largest absolute Gasteiger partial charge is 0.383 e. The van der Waals surface area contributed by atoms with Crippen molar-refractivity contribution in [1.29, 1.82) is 0 Å². The van der Waals surface area contributed by atoms with Crippen LogP contribution in [0.3, 0.4) is 0 Å². The second kappa shape index (κ2) is 3.01. The first-order valence-electron chi connectivity index (χ1n) is 5.33. The minimum atomic E-state index is 0.131. The lowest BCUT2D eigenvalue weighted by molar-refractivity contribution is 0.431. The molecular formula is C11H15ClN2. The van der Waals surface area contributed by atoms with Crippen LogP contribution in [0.1, 0.15) is 19.3 Å². The summed E-state index contributed by atoms with van der Waals surface area (Å²) in [5.74, 6) is 0.565. The topological polar surface area (TPSA) is 38.0 Å². The van der Waals surface area contributed by atoms with E-state index in [9.17, 15) is 0 Å². The summed E-state index contributed by atoms with van der Waals surface area (Å²) in [7, 11) is 0. The van der Waals surface area contributed by atoms with Crippen LogP contribution in [0.2, 0.25) is 0 Å². The predicted octanol–water partition coefficient (Wildman–Crippen LogP) is 1.52. The maximum Gasteiger partial charge on any atom is 0.0723 e. The molecule has 0 fully saturated rings. The van der Waals surface area contributed by atoms with E-state index in [0.717, 1.165) is 19.3 Å². The van der Waals surface area contributed by atoms with Crippen LogP contribution in [0.15, 0.2) is 23.4 Å². The molecule has 76 valence electrons. The number of fused-ring (bicyclic) bond motifs is 2. The Labute approximate surface area is 89.2 Å². The standard InChI is InChI=1S/C11H15ClN2/c12-7-3-1-2-6-10-8(13)4-5-9(10)14-11(6)7/h1,3,6-8,11,14H,2,4-5,13H2. The van der Waals surface area contributed by atoms with Gasteiger partial charge >= 0.3 is 0 Å². The van der Waals surface area contributed by atoms with Crippen LogP contribution >= 0.6 is 11.6 Å². The Kier molecular flexibility index (Phi) is 1.89. The monoisotopic (exact) mass is 210 g/mol. The van der Waals surface area contributed by atoms with E-state index in [1.165, 1.54) is 11.3 Å². The predicted molar refractivity (Wildman–Crippen MR) is 58.0 cm³/mol. The molecule has 4 atom stereocenters. The lowest BCUT2D eigenvalue weighted by Gasteiger charge is -2.29. The molecule has 3 rings (SSSR count). The molecule has 14 heavy (non-hydrogen) atoms. The van der Waals surface area contributed by atoms with Gasteiger partial charge in [-0.1, -0.05) is 12.2 Å². The molecule has 1 heterocycles. The third kappa shape index (κ3) is 1.07. The van der Waals surface area contributed by atoms with Gasteiger partial charge in [0.1, 0.15) is 0 Å². The van der Waals surface area contributed by atoms with Crippen molar-refractivity contribution in [3.63, 3.8) is 0 Å². The van der Waals surface area contributed by atoms with Gasteiger partial charge in [-0.15, -0.1) is 11.6 Å². The lowest BCUT2D eigenvalue weighted by atomic mass is 9.83. The molecule has 0 saturated carbocycles. The van der Waals surface area contributed by atoms with E-state index in [0.29, 0.717) is 12.0 Å². The molecule has 0 radical (unpaired) electrons. The zero-order valence-electron chi connectivity index (χ0n) is 8.04. The van der Waals surface area contributed by atoms with Crippen molar-refractivity contribution in [3.05, 3.63) is 23.4 Å². The molecule has 1 aliphatic heterocycles. The normalized spacial score (nSPS) is 45.0. The van der Waals surface area contributed by atoms with Crippen molar-refractivity contribution in [2.75, 3.05) is 0 Å². The van der Waals surface area contributed by atoms with Crippen LogP contribution in [0.25, 0.3) is 0 Å². The van der Waals surface area contributed by atoms with E-state index in [2.05, 4.69) is 17.5 Å². The SMILES string of the molecule is NC1CCC2=C1C1CC=CC(Cl)C1N2. The Morgan fingerprint density at radius 3 is 3.21 bits per heavy atom. The minimum Gasteiger partial charge on any atom is -0.383 e. The Balaban J connectivity index is 1.93. The fourth-order valence-corrected chi connectivity index (χ4v) is 3.36. The molecule has 0 amide bonds. The van der Waals surface area contributed by atoms with Crippen LogP contribution in [0.5, 0.6) is 0 Å². The zero-order chi connectivity index (χ0) is 9.71. The summed E-state index contributed by atoms with van der Waals surface area (Å²) in [4.78, 5) is 0. The van der Waals surface area contributed by atoms with E-state index in [4.69, 9.17) is 17.3 Å². The first-order valence-corrected chi connectivity index (χ1v) is 5.77. The number of halogens is 1. The number of rotatable bonds is 0. The van der Waals surface area contributed by atoms with E-state index in [1.807, 2.05) is 0 Å². The maximum atomic E-state index is 6.26. The Morgan fingerprint density at radius 1 is 1.50 bits per heavy atom. The van der Waals surface area contributed by atoms with Gasteiger partial charge in [0.2, 0.25) is 0 Å². The molecule has 3 N–H and O–H groups in total. The van der Waals surface area contributed by atoms with Crippen molar-refractivity contribution in [2.24, 2.45) is 11.7 Å². The number of hydrogen-bond donors (Lipinski definition) is 2. The van der Waals surface area contributed by atoms with Crippen molar-refractivity contribution in [1.82, 2.24) is 5.32 Å². The fraction of sp³-hybridized carbons (Fsp3) is 0.636. The summed E-state index contributed by atoms with van der Waals surface area (Å²) in [5.41, 5.74) is 8.96. The number of alkyl halides is 1. The van der Waals surface area contributed by atoms with Crippen LogP contribution in [-0.4, -0.2) is 17.5 Å². The number of nitrogens with one attached hydrogen (secondary N) is 1. The van der Waals surface area contributed by atoms with Gasteiger partial charge in [0, 0.05) is 17.7 Å². The summed E-state index contributed by atoms with van der Waals surface area (Å²) in [5, 5.41) is 3.68. The summed E-state index contributed by atoms with van der Waals surface area (Å²) in [6.07, 6.45) is 7.63. The van der Waals surface area contributed by atoms with E-state index in [-0.39, 0.29) is 11.4 Å². The molecule has 0 saturated heterocycles. The van der Waals surface area contributed by atoms with E-state index in [1.54, 1.807) is 0 Å². The van der Waals surface area contributed by atoms with Crippen LogP contribution in [0, 0.1) is 5.92 Å². The van der Waals surface area contributed by atoms with E-state index < -0.39 is 0 Å². The van der Waals surface area contributed by atoms with Gasteiger partial charge in [-0.05, 0) is 24.8 Å². The van der Waals surface area contributed by atoms with Crippen LogP contribution in [0.4, 0.5) is 0 Å². The highest BCUT2D eigenvalue weighted by atomic mass is 35.5. The highest BCUT2D eigenvalue weighted by Gasteiger charge is 2.42. The number of allylic oxidation sites excluding steroid dienone is 2. The Bertz CT molecular complexity index is 321. The molecule has 0 bridgehead atoms. The quantitative estimate of drug-likeness (QED) is 0.470. The van der Waals surface area contributed by atoms with Gasteiger partial charge in [-0.2, -0.15) is 0 Å². The summed E-state index contributed by atoms with van der Waals surface area (Å²) in [6.45, 7) is 0. The molecule has 3 heteroatoms. The zero-order valence-corrected chi connectivity index (χ0v) is 8.80. The van der Waals surface area contributed by atoms with Crippen molar-refractivity contribution in [2.45, 2.75) is 36.7 Å². The van der Waals surface area contributed by atoms with Gasteiger partial charge in [0.15, 0.2) is 0 Å². The highest BCUT2D eigenvalue weighted by molar-refractivity contribution is 6.22. The van der Waals surface area contributed by atoms with Crippen LogP contribution < -0.4 is 11.1 Å². The first-order chi connectivity index (χ1) is 6.77. The smallest absolute Gasteiger partial charge is 0.0723 e. The molecule has 4 unspecified atom stereocenters. The van der Waals surface area contributed by atoms with Crippen LogP contribution in [-0.2, 0) is 0 Å². The van der Waals surface area contributed by atoms with Crippen molar-refractivity contribution >= 4 is 11.6 Å². The number of hydrogen-bond acceptors (Lipinski definition) is 2. The molecule has 3 aliphatic rings. The Morgan fingerprint density at radius 2 is 2.36 bits per heavy atom. The van der Waals surface area contributed by atoms with E-state index >= 15 is 0 Å².